The summed E-state index contributed by atoms with van der Waals surface area (Å²) in [5.74, 6) is 0. The number of aliphatic imine (C=N–C) groups is 1. The third-order valence-corrected chi connectivity index (χ3v) is 4.33. The van der Waals surface area contributed by atoms with Crippen molar-refractivity contribution in [3.05, 3.63) is 71.7 Å². The van der Waals surface area contributed by atoms with Crippen molar-refractivity contribution < 1.29 is 0 Å². The smallest absolute Gasteiger partial charge is 0.180 e. The molecule has 116 valence electrons. The number of hydrogen-bond acceptors (Lipinski definition) is 5. The van der Waals surface area contributed by atoms with Crippen molar-refractivity contribution in [2.24, 2.45) is 4.99 Å². The summed E-state index contributed by atoms with van der Waals surface area (Å²) in [6.45, 7) is 0. The first-order valence-corrected chi connectivity index (χ1v) is 8.36. The van der Waals surface area contributed by atoms with Gasteiger partial charge in [0, 0.05) is 28.7 Å². The molecule has 0 fully saturated rings. The van der Waals surface area contributed by atoms with Crippen LogP contribution in [0.1, 0.15) is 5.56 Å². The molecule has 0 amide bonds. The Kier molecular flexibility index (Phi) is 3.76. The van der Waals surface area contributed by atoms with Gasteiger partial charge in [-0.3, -0.25) is 9.98 Å². The van der Waals surface area contributed by atoms with E-state index in [2.05, 4.69) is 21.0 Å². The zero-order valence-corrected chi connectivity index (χ0v) is 13.6. The van der Waals surface area contributed by atoms with E-state index in [1.807, 2.05) is 60.1 Å². The van der Waals surface area contributed by atoms with Crippen LogP contribution >= 0.6 is 11.3 Å². The summed E-state index contributed by atoms with van der Waals surface area (Å²) in [5, 5.41) is 3.63. The lowest BCUT2D eigenvalue weighted by Gasteiger charge is -2.00. The summed E-state index contributed by atoms with van der Waals surface area (Å²) in [6.07, 6.45) is 3.66. The molecule has 4 rings (SSSR count). The molecule has 4 aromatic rings. The Balaban J connectivity index is 1.63. The Labute approximate surface area is 143 Å². The fourth-order valence-corrected chi connectivity index (χ4v) is 3.06. The van der Waals surface area contributed by atoms with Crippen molar-refractivity contribution in [2.45, 2.75) is 0 Å². The highest BCUT2D eigenvalue weighted by Crippen LogP contribution is 2.26. The lowest BCUT2D eigenvalue weighted by Crippen LogP contribution is -1.84. The van der Waals surface area contributed by atoms with E-state index in [9.17, 15) is 0 Å². The number of anilines is 1. The summed E-state index contributed by atoms with van der Waals surface area (Å²) in [6, 6.07) is 18.0. The number of hydrogen-bond donors (Lipinski definition) is 1. The molecular formula is C19H14N4S. The topological polar surface area (TPSA) is 64.2 Å². The Morgan fingerprint density at radius 2 is 2.00 bits per heavy atom. The van der Waals surface area contributed by atoms with Gasteiger partial charge in [-0.25, -0.2) is 4.98 Å². The molecule has 24 heavy (non-hydrogen) atoms. The third kappa shape index (κ3) is 3.02. The van der Waals surface area contributed by atoms with Gasteiger partial charge in [-0.15, -0.1) is 11.3 Å². The Hall–Kier alpha value is -3.05. The number of rotatable bonds is 3. The van der Waals surface area contributed by atoms with Gasteiger partial charge in [-0.05, 0) is 35.9 Å². The quantitative estimate of drug-likeness (QED) is 0.554. The summed E-state index contributed by atoms with van der Waals surface area (Å²) in [4.78, 5) is 13.2. The van der Waals surface area contributed by atoms with Gasteiger partial charge < -0.3 is 5.73 Å². The zero-order valence-electron chi connectivity index (χ0n) is 12.8. The third-order valence-electron chi connectivity index (χ3n) is 3.65. The predicted octanol–water partition coefficient (Wildman–Crippen LogP) is 4.69. The number of thiazole rings is 1. The Bertz CT molecular complexity index is 1040. The second-order valence-electron chi connectivity index (χ2n) is 5.34. The molecule has 0 aliphatic rings. The van der Waals surface area contributed by atoms with E-state index >= 15 is 0 Å². The van der Waals surface area contributed by atoms with Crippen molar-refractivity contribution in [3.8, 4) is 11.3 Å². The minimum atomic E-state index is 0.573. The maximum Gasteiger partial charge on any atom is 0.180 e. The van der Waals surface area contributed by atoms with Crippen molar-refractivity contribution in [1.29, 1.82) is 0 Å². The van der Waals surface area contributed by atoms with Crippen LogP contribution < -0.4 is 5.73 Å². The van der Waals surface area contributed by atoms with Gasteiger partial charge in [0.15, 0.2) is 5.13 Å². The molecular weight excluding hydrogens is 316 g/mol. The number of nitrogens with zero attached hydrogens (tertiary/aromatic N) is 3. The second-order valence-corrected chi connectivity index (χ2v) is 6.22. The van der Waals surface area contributed by atoms with Crippen molar-refractivity contribution in [2.75, 3.05) is 5.73 Å². The lowest BCUT2D eigenvalue weighted by atomic mass is 10.1. The Morgan fingerprint density at radius 3 is 2.88 bits per heavy atom. The molecule has 4 nitrogen and oxygen atoms in total. The molecule has 0 unspecified atom stereocenters. The molecule has 0 atom stereocenters. The van der Waals surface area contributed by atoms with E-state index in [1.54, 1.807) is 6.20 Å². The Morgan fingerprint density at radius 1 is 1.04 bits per heavy atom. The summed E-state index contributed by atoms with van der Waals surface area (Å²) < 4.78 is 0. The molecule has 2 N–H and O–H groups in total. The maximum absolute atomic E-state index is 5.71. The average Bonchev–Trinajstić information content (AvgIpc) is 3.06. The number of nitrogens with two attached hydrogens (primary N) is 1. The molecule has 0 saturated carbocycles. The highest BCUT2D eigenvalue weighted by atomic mass is 32.1. The van der Waals surface area contributed by atoms with E-state index in [0.717, 1.165) is 33.4 Å². The minimum Gasteiger partial charge on any atom is -0.375 e. The minimum absolute atomic E-state index is 0.573. The maximum atomic E-state index is 5.71. The van der Waals surface area contributed by atoms with E-state index < -0.39 is 0 Å². The highest BCUT2D eigenvalue weighted by molar-refractivity contribution is 7.13. The first-order valence-electron chi connectivity index (χ1n) is 7.48. The number of fused-ring (bicyclic) bond motifs is 1. The number of aromatic nitrogens is 2. The van der Waals surface area contributed by atoms with Crippen LogP contribution in [0.2, 0.25) is 0 Å². The van der Waals surface area contributed by atoms with Crippen LogP contribution in [0.15, 0.2) is 71.2 Å². The number of nitrogen functional groups attached to an aromatic ring is 1. The molecule has 2 heterocycles. The summed E-state index contributed by atoms with van der Waals surface area (Å²) >= 11 is 1.44. The van der Waals surface area contributed by atoms with Gasteiger partial charge in [0.2, 0.25) is 0 Å². The molecule has 2 aromatic carbocycles. The van der Waals surface area contributed by atoms with Crippen LogP contribution in [0.5, 0.6) is 0 Å². The van der Waals surface area contributed by atoms with E-state index in [4.69, 9.17) is 5.73 Å². The van der Waals surface area contributed by atoms with E-state index in [-0.39, 0.29) is 0 Å². The van der Waals surface area contributed by atoms with E-state index in [1.165, 1.54) is 11.3 Å². The second kappa shape index (κ2) is 6.22. The summed E-state index contributed by atoms with van der Waals surface area (Å²) in [5.41, 5.74) is 10.5. The fourth-order valence-electron chi connectivity index (χ4n) is 2.49. The fraction of sp³-hybridized carbons (Fsp3) is 0. The zero-order chi connectivity index (χ0) is 16.4. The monoisotopic (exact) mass is 330 g/mol. The molecule has 0 aliphatic heterocycles. The molecule has 0 aliphatic carbocycles. The normalized spacial score (nSPS) is 11.3. The highest BCUT2D eigenvalue weighted by Gasteiger charge is 2.03. The first-order chi connectivity index (χ1) is 11.8. The van der Waals surface area contributed by atoms with Crippen molar-refractivity contribution in [3.63, 3.8) is 0 Å². The summed E-state index contributed by atoms with van der Waals surface area (Å²) in [7, 11) is 0. The largest absolute Gasteiger partial charge is 0.375 e. The van der Waals surface area contributed by atoms with Gasteiger partial charge >= 0.3 is 0 Å². The van der Waals surface area contributed by atoms with Gasteiger partial charge in [-0.1, -0.05) is 24.3 Å². The standard InChI is InChI=1S/C19H14N4S/c20-19-23-18(12-24-19)15-3-1-5-16(10-15)22-11-13-6-7-17-14(9-13)4-2-8-21-17/h1-12H,(H2,20,23). The van der Waals surface area contributed by atoms with Crippen LogP contribution in [0, 0.1) is 0 Å². The van der Waals surface area contributed by atoms with Crippen LogP contribution in [0.25, 0.3) is 22.2 Å². The number of benzene rings is 2. The van der Waals surface area contributed by atoms with Gasteiger partial charge in [0.1, 0.15) is 0 Å². The lowest BCUT2D eigenvalue weighted by molar-refractivity contribution is 1.40. The number of pyridine rings is 1. The van der Waals surface area contributed by atoms with Crippen LogP contribution in [-0.2, 0) is 0 Å². The molecule has 2 aromatic heterocycles. The van der Waals surface area contributed by atoms with Crippen LogP contribution in [0.4, 0.5) is 10.8 Å². The average molecular weight is 330 g/mol. The molecule has 5 heteroatoms. The first kappa shape index (κ1) is 14.5. The molecule has 0 saturated heterocycles. The van der Waals surface area contributed by atoms with Gasteiger partial charge in [0.25, 0.3) is 0 Å². The predicted molar refractivity (Wildman–Crippen MR) is 101 cm³/mol. The van der Waals surface area contributed by atoms with Gasteiger partial charge in [0.05, 0.1) is 16.9 Å². The van der Waals surface area contributed by atoms with Gasteiger partial charge in [-0.2, -0.15) is 0 Å². The van der Waals surface area contributed by atoms with E-state index in [0.29, 0.717) is 5.13 Å². The molecule has 0 spiro atoms. The van der Waals surface area contributed by atoms with Crippen LogP contribution in [0.3, 0.4) is 0 Å². The molecule has 0 bridgehead atoms. The van der Waals surface area contributed by atoms with Crippen LogP contribution in [-0.4, -0.2) is 16.2 Å². The molecule has 0 radical (unpaired) electrons. The van der Waals surface area contributed by atoms with Crippen molar-refractivity contribution >= 4 is 39.3 Å². The van der Waals surface area contributed by atoms with Crippen molar-refractivity contribution in [1.82, 2.24) is 9.97 Å². The SMILES string of the molecule is Nc1nc(-c2cccc(N=Cc3ccc4ncccc4c3)c2)cs1.